The number of allylic oxidation sites excluding steroid dienone is 11. The lowest BCUT2D eigenvalue weighted by Crippen LogP contribution is -2.30. The SMILES string of the molecule is CC\C=C/C=C\C=C/CCCCCCCCCC(=O)OC(COC(=O)C/C=C\C/C=C\C/C=C\CC)COC(=O)CCCCCCCCCCCCCCCCCCC. The molecule has 0 spiro atoms. The molecule has 0 rings (SSSR count). The Hall–Kier alpha value is -3.15. The molecule has 0 saturated heterocycles. The van der Waals surface area contributed by atoms with E-state index in [1.54, 1.807) is 6.08 Å². The highest BCUT2D eigenvalue weighted by atomic mass is 16.6. The van der Waals surface area contributed by atoms with E-state index in [0.29, 0.717) is 12.8 Å². The van der Waals surface area contributed by atoms with Crippen molar-refractivity contribution in [2.24, 2.45) is 0 Å². The van der Waals surface area contributed by atoms with Crippen molar-refractivity contribution in [1.29, 1.82) is 0 Å². The summed E-state index contributed by atoms with van der Waals surface area (Å²) in [4.78, 5) is 37.7. The third-order valence-corrected chi connectivity index (χ3v) is 10.3. The molecule has 0 aromatic carbocycles. The lowest BCUT2D eigenvalue weighted by molar-refractivity contribution is -0.166. The number of carbonyl (C=O) groups excluding carboxylic acids is 3. The first-order valence-electron chi connectivity index (χ1n) is 24.5. The van der Waals surface area contributed by atoms with Crippen LogP contribution < -0.4 is 0 Å². The molecule has 6 heteroatoms. The minimum Gasteiger partial charge on any atom is -0.462 e. The average molecular weight is 823 g/mol. The topological polar surface area (TPSA) is 78.9 Å². The Morgan fingerprint density at radius 3 is 1.31 bits per heavy atom. The first-order chi connectivity index (χ1) is 29.0. The molecule has 0 aliphatic carbocycles. The molecule has 0 aromatic heterocycles. The number of hydrogen-bond donors (Lipinski definition) is 0. The van der Waals surface area contributed by atoms with E-state index in [-0.39, 0.29) is 31.6 Å². The molecule has 0 heterocycles. The number of hydrogen-bond acceptors (Lipinski definition) is 6. The molecule has 6 nitrogen and oxygen atoms in total. The largest absolute Gasteiger partial charge is 0.462 e. The summed E-state index contributed by atoms with van der Waals surface area (Å²) < 4.78 is 16.6. The Morgan fingerprint density at radius 1 is 0.390 bits per heavy atom. The van der Waals surface area contributed by atoms with Crippen molar-refractivity contribution in [2.45, 2.75) is 232 Å². The van der Waals surface area contributed by atoms with E-state index in [1.807, 2.05) is 6.08 Å². The molecule has 338 valence electrons. The summed E-state index contributed by atoms with van der Waals surface area (Å²) in [5.74, 6) is -1.05. The molecule has 0 radical (unpaired) electrons. The van der Waals surface area contributed by atoms with Crippen molar-refractivity contribution in [3.8, 4) is 0 Å². The maximum atomic E-state index is 12.7. The van der Waals surface area contributed by atoms with Crippen LogP contribution in [0.3, 0.4) is 0 Å². The van der Waals surface area contributed by atoms with Crippen molar-refractivity contribution in [1.82, 2.24) is 0 Å². The van der Waals surface area contributed by atoms with Gasteiger partial charge in [-0.3, -0.25) is 14.4 Å². The predicted molar refractivity (Wildman–Crippen MR) is 251 cm³/mol. The Bertz CT molecular complexity index is 1130. The van der Waals surface area contributed by atoms with Gasteiger partial charge in [0.2, 0.25) is 0 Å². The molecule has 0 saturated carbocycles. The third kappa shape index (κ3) is 45.8. The van der Waals surface area contributed by atoms with E-state index < -0.39 is 12.1 Å². The molecule has 59 heavy (non-hydrogen) atoms. The number of esters is 3. The fraction of sp³-hybridized carbons (Fsp3) is 0.717. The summed E-state index contributed by atoms with van der Waals surface area (Å²) in [6, 6.07) is 0. The summed E-state index contributed by atoms with van der Waals surface area (Å²) in [7, 11) is 0. The summed E-state index contributed by atoms with van der Waals surface area (Å²) in [6.45, 7) is 6.29. The van der Waals surface area contributed by atoms with Crippen molar-refractivity contribution in [3.63, 3.8) is 0 Å². The van der Waals surface area contributed by atoms with Gasteiger partial charge in [-0.25, -0.2) is 0 Å². The highest BCUT2D eigenvalue weighted by Crippen LogP contribution is 2.15. The molecule has 0 aromatic rings. The van der Waals surface area contributed by atoms with Gasteiger partial charge in [0.1, 0.15) is 13.2 Å². The van der Waals surface area contributed by atoms with E-state index >= 15 is 0 Å². The van der Waals surface area contributed by atoms with E-state index in [0.717, 1.165) is 77.0 Å². The second-order valence-electron chi connectivity index (χ2n) is 16.0. The van der Waals surface area contributed by atoms with Crippen LogP contribution in [0.2, 0.25) is 0 Å². The average Bonchev–Trinajstić information content (AvgIpc) is 3.23. The van der Waals surface area contributed by atoms with Crippen LogP contribution in [0.15, 0.2) is 72.9 Å². The number of unbranched alkanes of at least 4 members (excludes halogenated alkanes) is 23. The van der Waals surface area contributed by atoms with Crippen LogP contribution in [0.5, 0.6) is 0 Å². The maximum absolute atomic E-state index is 12.7. The maximum Gasteiger partial charge on any atom is 0.309 e. The molecule has 1 unspecified atom stereocenters. The first-order valence-corrected chi connectivity index (χ1v) is 24.5. The van der Waals surface area contributed by atoms with Crippen LogP contribution in [0.4, 0.5) is 0 Å². The molecule has 0 bridgehead atoms. The van der Waals surface area contributed by atoms with E-state index in [2.05, 4.69) is 81.5 Å². The lowest BCUT2D eigenvalue weighted by Gasteiger charge is -2.18. The van der Waals surface area contributed by atoms with Gasteiger partial charge in [-0.15, -0.1) is 0 Å². The minimum atomic E-state index is -0.814. The summed E-state index contributed by atoms with van der Waals surface area (Å²) in [6.07, 6.45) is 59.2. The van der Waals surface area contributed by atoms with Gasteiger partial charge in [-0.2, -0.15) is 0 Å². The smallest absolute Gasteiger partial charge is 0.309 e. The second-order valence-corrected chi connectivity index (χ2v) is 16.0. The summed E-state index contributed by atoms with van der Waals surface area (Å²) >= 11 is 0. The van der Waals surface area contributed by atoms with Crippen LogP contribution in [0.1, 0.15) is 226 Å². The number of rotatable bonds is 43. The van der Waals surface area contributed by atoms with Gasteiger partial charge in [-0.1, -0.05) is 229 Å². The molecule has 0 amide bonds. The monoisotopic (exact) mass is 823 g/mol. The zero-order valence-electron chi connectivity index (χ0n) is 38.5. The van der Waals surface area contributed by atoms with Gasteiger partial charge >= 0.3 is 17.9 Å². The van der Waals surface area contributed by atoms with Gasteiger partial charge in [0, 0.05) is 12.8 Å². The second kappa shape index (κ2) is 47.5. The minimum absolute atomic E-state index is 0.106. The third-order valence-electron chi connectivity index (χ3n) is 10.3. The van der Waals surface area contributed by atoms with Crippen LogP contribution in [0.25, 0.3) is 0 Å². The Labute approximate surface area is 363 Å². The molecule has 0 fully saturated rings. The Morgan fingerprint density at radius 2 is 0.797 bits per heavy atom. The zero-order valence-corrected chi connectivity index (χ0v) is 38.5. The van der Waals surface area contributed by atoms with Crippen LogP contribution >= 0.6 is 0 Å². The zero-order chi connectivity index (χ0) is 43.0. The van der Waals surface area contributed by atoms with Gasteiger partial charge in [0.05, 0.1) is 6.42 Å². The molecule has 0 N–H and O–H groups in total. The number of ether oxygens (including phenoxy) is 3. The van der Waals surface area contributed by atoms with Crippen LogP contribution in [-0.4, -0.2) is 37.2 Å². The van der Waals surface area contributed by atoms with E-state index in [4.69, 9.17) is 14.2 Å². The normalized spacial score (nSPS) is 12.7. The molecular formula is C53H90O6. The quantitative estimate of drug-likeness (QED) is 0.0200. The van der Waals surface area contributed by atoms with Crippen molar-refractivity contribution < 1.29 is 28.6 Å². The Kier molecular flexibility index (Phi) is 45.0. The first kappa shape index (κ1) is 55.9. The highest BCUT2D eigenvalue weighted by Gasteiger charge is 2.19. The summed E-state index contributed by atoms with van der Waals surface area (Å²) in [5, 5.41) is 0. The molecule has 0 aliphatic rings. The van der Waals surface area contributed by atoms with Crippen molar-refractivity contribution in [2.75, 3.05) is 13.2 Å². The molecule has 1 atom stereocenters. The molecule has 0 aliphatic heterocycles. The van der Waals surface area contributed by atoms with Gasteiger partial charge in [0.25, 0.3) is 0 Å². The standard InChI is InChI=1S/C53H90O6/c1-4-7-10-13-16-19-21-23-25-26-28-29-31-34-37-40-43-46-52(55)58-49-50(48-57-51(54)45-42-39-36-33-18-15-12-9-6-3)59-53(56)47-44-41-38-35-32-30-27-24-22-20-17-14-11-8-5-2/h8-9,11-12,14,17-18,20,22,33,39,42,50H,4-7,10,13,15-16,19,21,23-32,34-38,40-41,43-49H2,1-3H3/b11-8-,12-9-,17-14-,22-20-,33-18-,42-39-. The fourth-order valence-electron chi connectivity index (χ4n) is 6.68. The van der Waals surface area contributed by atoms with Gasteiger partial charge < -0.3 is 14.2 Å². The van der Waals surface area contributed by atoms with Gasteiger partial charge in [-0.05, 0) is 51.4 Å². The predicted octanol–water partition coefficient (Wildman–Crippen LogP) is 15.9. The molecular weight excluding hydrogens is 733 g/mol. The van der Waals surface area contributed by atoms with Crippen molar-refractivity contribution in [3.05, 3.63) is 72.9 Å². The number of carbonyl (C=O) groups is 3. The Balaban J connectivity index is 4.37. The lowest BCUT2D eigenvalue weighted by atomic mass is 10.0. The van der Waals surface area contributed by atoms with Crippen LogP contribution in [0, 0.1) is 0 Å². The fourth-order valence-corrected chi connectivity index (χ4v) is 6.68. The van der Waals surface area contributed by atoms with Crippen LogP contribution in [-0.2, 0) is 28.6 Å². The highest BCUT2D eigenvalue weighted by molar-refractivity contribution is 5.72. The summed E-state index contributed by atoms with van der Waals surface area (Å²) in [5.41, 5.74) is 0. The van der Waals surface area contributed by atoms with Crippen molar-refractivity contribution >= 4 is 17.9 Å². The van der Waals surface area contributed by atoms with Gasteiger partial charge in [0.15, 0.2) is 6.10 Å². The van der Waals surface area contributed by atoms with E-state index in [1.165, 1.54) is 109 Å². The van der Waals surface area contributed by atoms with E-state index in [9.17, 15) is 14.4 Å².